The van der Waals surface area contributed by atoms with E-state index in [2.05, 4.69) is 13.8 Å². The van der Waals surface area contributed by atoms with E-state index in [1.807, 2.05) is 34.1 Å². The van der Waals surface area contributed by atoms with Crippen molar-refractivity contribution in [3.63, 3.8) is 0 Å². The molecule has 0 bridgehead atoms. The minimum absolute atomic E-state index is 0.0280. The number of carboxylic acid groups (broad SMARTS) is 1. The van der Waals surface area contributed by atoms with Gasteiger partial charge >= 0.3 is 5.97 Å². The van der Waals surface area contributed by atoms with Gasteiger partial charge in [0, 0.05) is 31.7 Å². The molecule has 0 saturated carbocycles. The molecule has 1 heterocycles. The lowest BCUT2D eigenvalue weighted by atomic mass is 10.00. The van der Waals surface area contributed by atoms with Gasteiger partial charge < -0.3 is 10.0 Å². The SMILES string of the molecule is CC(C)c1cccc(C(=O)N2CCN(C(C)(C)C(=O)O)CC2)c1. The number of amides is 1. The summed E-state index contributed by atoms with van der Waals surface area (Å²) in [6, 6.07) is 7.77. The summed E-state index contributed by atoms with van der Waals surface area (Å²) in [6.45, 7) is 9.90. The molecule has 1 aromatic carbocycles. The van der Waals surface area contributed by atoms with Gasteiger partial charge in [0.05, 0.1) is 0 Å². The van der Waals surface area contributed by atoms with Crippen molar-refractivity contribution >= 4 is 11.9 Å². The number of piperazine rings is 1. The molecule has 1 N–H and O–H groups in total. The maximum atomic E-state index is 12.7. The fourth-order valence-electron chi connectivity index (χ4n) is 2.82. The molecule has 1 aromatic rings. The fourth-order valence-corrected chi connectivity index (χ4v) is 2.82. The van der Waals surface area contributed by atoms with E-state index >= 15 is 0 Å². The first-order chi connectivity index (χ1) is 10.7. The molecular formula is C18H26N2O3. The van der Waals surface area contributed by atoms with Gasteiger partial charge in [-0.25, -0.2) is 0 Å². The Labute approximate surface area is 137 Å². The van der Waals surface area contributed by atoms with Crippen LogP contribution in [-0.2, 0) is 4.79 Å². The van der Waals surface area contributed by atoms with Crippen LogP contribution in [0.15, 0.2) is 24.3 Å². The molecule has 126 valence electrons. The van der Waals surface area contributed by atoms with Crippen LogP contribution in [0.1, 0.15) is 49.5 Å². The maximum Gasteiger partial charge on any atom is 0.323 e. The predicted molar refractivity (Wildman–Crippen MR) is 89.7 cm³/mol. The van der Waals surface area contributed by atoms with E-state index in [1.54, 1.807) is 13.8 Å². The van der Waals surface area contributed by atoms with Gasteiger partial charge in [-0.1, -0.05) is 26.0 Å². The third-order valence-electron chi connectivity index (χ3n) is 4.68. The summed E-state index contributed by atoms with van der Waals surface area (Å²) in [5.74, 6) is -0.418. The van der Waals surface area contributed by atoms with E-state index in [9.17, 15) is 14.7 Å². The molecule has 1 amide bonds. The second kappa shape index (κ2) is 6.71. The van der Waals surface area contributed by atoms with E-state index in [0.29, 0.717) is 37.7 Å². The maximum absolute atomic E-state index is 12.7. The lowest BCUT2D eigenvalue weighted by Gasteiger charge is -2.41. The highest BCUT2D eigenvalue weighted by molar-refractivity contribution is 5.94. The van der Waals surface area contributed by atoms with Gasteiger partial charge in [0.2, 0.25) is 0 Å². The molecule has 1 aliphatic rings. The number of aliphatic carboxylic acids is 1. The second-order valence-corrected chi connectivity index (χ2v) is 6.92. The van der Waals surface area contributed by atoms with Crippen molar-refractivity contribution in [2.24, 2.45) is 0 Å². The standard InChI is InChI=1S/C18H26N2O3/c1-13(2)14-6-5-7-15(12-14)16(21)19-8-10-20(11-9-19)18(3,4)17(22)23/h5-7,12-13H,8-11H2,1-4H3,(H,22,23). The smallest absolute Gasteiger partial charge is 0.323 e. The molecule has 0 unspecified atom stereocenters. The molecule has 0 aromatic heterocycles. The number of nitrogens with zero attached hydrogens (tertiary/aromatic N) is 2. The predicted octanol–water partition coefficient (Wildman–Crippen LogP) is 2.43. The first kappa shape index (κ1) is 17.5. The summed E-state index contributed by atoms with van der Waals surface area (Å²) in [5.41, 5.74) is 0.968. The molecule has 5 nitrogen and oxygen atoms in total. The highest BCUT2D eigenvalue weighted by Gasteiger charge is 2.37. The van der Waals surface area contributed by atoms with Crippen LogP contribution in [0.3, 0.4) is 0 Å². The first-order valence-corrected chi connectivity index (χ1v) is 8.11. The monoisotopic (exact) mass is 318 g/mol. The molecule has 0 radical (unpaired) electrons. The van der Waals surface area contributed by atoms with Gasteiger partial charge in [-0.05, 0) is 37.5 Å². The minimum Gasteiger partial charge on any atom is -0.480 e. The topological polar surface area (TPSA) is 60.9 Å². The molecule has 5 heteroatoms. The molecule has 1 aliphatic heterocycles. The van der Waals surface area contributed by atoms with Crippen LogP contribution in [0.25, 0.3) is 0 Å². The second-order valence-electron chi connectivity index (χ2n) is 6.92. The Bertz CT molecular complexity index is 588. The number of benzene rings is 1. The number of hydrogen-bond acceptors (Lipinski definition) is 3. The Balaban J connectivity index is 2.04. The number of rotatable bonds is 4. The van der Waals surface area contributed by atoms with Crippen molar-refractivity contribution in [3.05, 3.63) is 35.4 Å². The Morgan fingerprint density at radius 3 is 2.26 bits per heavy atom. The molecule has 1 fully saturated rings. The molecule has 0 atom stereocenters. The Kier molecular flexibility index (Phi) is 5.09. The van der Waals surface area contributed by atoms with E-state index in [4.69, 9.17) is 0 Å². The van der Waals surface area contributed by atoms with Crippen molar-refractivity contribution in [2.75, 3.05) is 26.2 Å². The summed E-state index contributed by atoms with van der Waals surface area (Å²) in [4.78, 5) is 27.7. The normalized spacial score (nSPS) is 16.7. The van der Waals surface area contributed by atoms with Crippen molar-refractivity contribution in [1.29, 1.82) is 0 Å². The Hall–Kier alpha value is -1.88. The Morgan fingerprint density at radius 1 is 1.13 bits per heavy atom. The van der Waals surface area contributed by atoms with E-state index in [-0.39, 0.29) is 5.91 Å². The summed E-state index contributed by atoms with van der Waals surface area (Å²) in [6.07, 6.45) is 0. The van der Waals surface area contributed by atoms with E-state index < -0.39 is 11.5 Å². The van der Waals surface area contributed by atoms with Crippen molar-refractivity contribution in [1.82, 2.24) is 9.80 Å². The van der Waals surface area contributed by atoms with Crippen LogP contribution in [0, 0.1) is 0 Å². The molecule has 0 spiro atoms. The molecule has 23 heavy (non-hydrogen) atoms. The zero-order valence-electron chi connectivity index (χ0n) is 14.4. The lowest BCUT2D eigenvalue weighted by molar-refractivity contribution is -0.150. The zero-order valence-corrected chi connectivity index (χ0v) is 14.4. The highest BCUT2D eigenvalue weighted by Crippen LogP contribution is 2.20. The molecule has 1 saturated heterocycles. The quantitative estimate of drug-likeness (QED) is 0.926. The van der Waals surface area contributed by atoms with Crippen molar-refractivity contribution < 1.29 is 14.7 Å². The summed E-state index contributed by atoms with van der Waals surface area (Å²) in [7, 11) is 0. The number of carbonyl (C=O) groups is 2. The highest BCUT2D eigenvalue weighted by atomic mass is 16.4. The van der Waals surface area contributed by atoms with Gasteiger partial charge in [0.25, 0.3) is 5.91 Å². The molecule has 0 aliphatic carbocycles. The number of carbonyl (C=O) groups excluding carboxylic acids is 1. The van der Waals surface area contributed by atoms with Crippen LogP contribution in [0.2, 0.25) is 0 Å². The summed E-state index contributed by atoms with van der Waals surface area (Å²) < 4.78 is 0. The third-order valence-corrected chi connectivity index (χ3v) is 4.68. The van der Waals surface area contributed by atoms with Crippen molar-refractivity contribution in [3.8, 4) is 0 Å². The fraction of sp³-hybridized carbons (Fsp3) is 0.556. The van der Waals surface area contributed by atoms with Crippen LogP contribution < -0.4 is 0 Å². The van der Waals surface area contributed by atoms with Crippen molar-refractivity contribution in [2.45, 2.75) is 39.2 Å². The van der Waals surface area contributed by atoms with Crippen LogP contribution in [-0.4, -0.2) is 58.5 Å². The molecule has 2 rings (SSSR count). The first-order valence-electron chi connectivity index (χ1n) is 8.11. The molecular weight excluding hydrogens is 292 g/mol. The van der Waals surface area contributed by atoms with Gasteiger partial charge in [-0.3, -0.25) is 14.5 Å². The number of hydrogen-bond donors (Lipinski definition) is 1. The van der Waals surface area contributed by atoms with Crippen LogP contribution in [0.4, 0.5) is 0 Å². The largest absolute Gasteiger partial charge is 0.480 e. The summed E-state index contributed by atoms with van der Waals surface area (Å²) >= 11 is 0. The Morgan fingerprint density at radius 2 is 1.74 bits per heavy atom. The average Bonchev–Trinajstić information content (AvgIpc) is 2.54. The zero-order chi connectivity index (χ0) is 17.2. The lowest BCUT2D eigenvalue weighted by Crippen LogP contribution is -2.58. The van der Waals surface area contributed by atoms with E-state index in [1.165, 1.54) is 0 Å². The average molecular weight is 318 g/mol. The van der Waals surface area contributed by atoms with Gasteiger partial charge in [0.1, 0.15) is 5.54 Å². The van der Waals surface area contributed by atoms with Crippen LogP contribution in [0.5, 0.6) is 0 Å². The summed E-state index contributed by atoms with van der Waals surface area (Å²) in [5, 5.41) is 9.31. The minimum atomic E-state index is -0.896. The van der Waals surface area contributed by atoms with Gasteiger partial charge in [-0.15, -0.1) is 0 Å². The number of carboxylic acids is 1. The van der Waals surface area contributed by atoms with Gasteiger partial charge in [-0.2, -0.15) is 0 Å². The van der Waals surface area contributed by atoms with E-state index in [0.717, 1.165) is 5.56 Å². The third kappa shape index (κ3) is 3.72. The van der Waals surface area contributed by atoms with Crippen LogP contribution >= 0.6 is 0 Å². The van der Waals surface area contributed by atoms with Gasteiger partial charge in [0.15, 0.2) is 0 Å².